The van der Waals surface area contributed by atoms with Crippen molar-refractivity contribution in [1.29, 1.82) is 0 Å². The Labute approximate surface area is 135 Å². The van der Waals surface area contributed by atoms with Crippen molar-refractivity contribution in [2.24, 2.45) is 0 Å². The number of hydrogen-bond donors (Lipinski definition) is 1. The fourth-order valence-corrected chi connectivity index (χ4v) is 2.36. The molecule has 0 saturated heterocycles. The first-order valence-corrected chi connectivity index (χ1v) is 7.11. The summed E-state index contributed by atoms with van der Waals surface area (Å²) >= 11 is 5.84. The number of carbonyl (C=O) groups excluding carboxylic acids is 1. The zero-order valence-electron chi connectivity index (χ0n) is 11.8. The number of fused-ring (bicyclic) bond motifs is 1. The Morgan fingerprint density at radius 2 is 2.09 bits per heavy atom. The summed E-state index contributed by atoms with van der Waals surface area (Å²) in [6.45, 7) is -0.203. The molecule has 0 spiro atoms. The van der Waals surface area contributed by atoms with Crippen LogP contribution in [0.4, 0.5) is 10.1 Å². The quantitative estimate of drug-likeness (QED) is 0.802. The van der Waals surface area contributed by atoms with Crippen molar-refractivity contribution < 1.29 is 9.18 Å². The number of carbonyl (C=O) groups is 1. The SMILES string of the molecule is O=C(Cn1cnc2cc(F)ccc2c1=O)Nc1cccc(Cl)c1. The van der Waals surface area contributed by atoms with Gasteiger partial charge in [0.25, 0.3) is 5.56 Å². The summed E-state index contributed by atoms with van der Waals surface area (Å²) in [4.78, 5) is 28.3. The standard InChI is InChI=1S/C16H11ClFN3O2/c17-10-2-1-3-12(6-10)20-15(22)8-21-9-19-14-7-11(18)4-5-13(14)16(21)23/h1-7,9H,8H2,(H,20,22). The Morgan fingerprint density at radius 3 is 2.87 bits per heavy atom. The van der Waals surface area contributed by atoms with E-state index in [1.165, 1.54) is 29.1 Å². The second kappa shape index (κ2) is 6.18. The molecule has 7 heteroatoms. The Morgan fingerprint density at radius 1 is 1.26 bits per heavy atom. The van der Waals surface area contributed by atoms with Gasteiger partial charge in [-0.2, -0.15) is 0 Å². The van der Waals surface area contributed by atoms with E-state index in [9.17, 15) is 14.0 Å². The Kier molecular flexibility index (Phi) is 4.08. The fraction of sp³-hybridized carbons (Fsp3) is 0.0625. The highest BCUT2D eigenvalue weighted by Crippen LogP contribution is 2.15. The Hall–Kier alpha value is -2.73. The number of aromatic nitrogens is 2. The van der Waals surface area contributed by atoms with Crippen molar-refractivity contribution in [3.8, 4) is 0 Å². The van der Waals surface area contributed by atoms with Gasteiger partial charge in [0.05, 0.1) is 17.2 Å². The van der Waals surface area contributed by atoms with Crippen LogP contribution in [0.3, 0.4) is 0 Å². The van der Waals surface area contributed by atoms with Crippen molar-refractivity contribution >= 4 is 34.1 Å². The van der Waals surface area contributed by atoms with E-state index >= 15 is 0 Å². The van der Waals surface area contributed by atoms with Gasteiger partial charge in [0, 0.05) is 16.8 Å². The van der Waals surface area contributed by atoms with Gasteiger partial charge in [-0.15, -0.1) is 0 Å². The normalized spacial score (nSPS) is 10.7. The van der Waals surface area contributed by atoms with Gasteiger partial charge in [-0.05, 0) is 30.3 Å². The zero-order chi connectivity index (χ0) is 16.4. The van der Waals surface area contributed by atoms with E-state index in [0.717, 1.165) is 0 Å². The predicted octanol–water partition coefficient (Wildman–Crippen LogP) is 2.83. The third kappa shape index (κ3) is 3.37. The predicted molar refractivity (Wildman–Crippen MR) is 86.0 cm³/mol. The van der Waals surface area contributed by atoms with E-state index in [1.807, 2.05) is 0 Å². The maximum Gasteiger partial charge on any atom is 0.261 e. The molecule has 3 aromatic rings. The average molecular weight is 332 g/mol. The van der Waals surface area contributed by atoms with Crippen molar-refractivity contribution in [2.75, 3.05) is 5.32 Å². The first kappa shape index (κ1) is 15.2. The van der Waals surface area contributed by atoms with Crippen LogP contribution in [0, 0.1) is 5.82 Å². The number of rotatable bonds is 3. The Balaban J connectivity index is 1.84. The number of halogens is 2. The second-order valence-corrected chi connectivity index (χ2v) is 5.33. The highest BCUT2D eigenvalue weighted by Gasteiger charge is 2.09. The molecule has 0 fully saturated rings. The van der Waals surface area contributed by atoms with Crippen LogP contribution in [0.15, 0.2) is 53.6 Å². The van der Waals surface area contributed by atoms with Crippen LogP contribution < -0.4 is 10.9 Å². The van der Waals surface area contributed by atoms with Gasteiger partial charge in [-0.25, -0.2) is 9.37 Å². The zero-order valence-corrected chi connectivity index (χ0v) is 12.5. The summed E-state index contributed by atoms with van der Waals surface area (Å²) in [6.07, 6.45) is 1.22. The number of hydrogen-bond acceptors (Lipinski definition) is 3. The van der Waals surface area contributed by atoms with Gasteiger partial charge in [0.15, 0.2) is 0 Å². The number of anilines is 1. The molecular weight excluding hydrogens is 321 g/mol. The minimum Gasteiger partial charge on any atom is -0.324 e. The molecule has 116 valence electrons. The van der Waals surface area contributed by atoms with Gasteiger partial charge in [-0.1, -0.05) is 17.7 Å². The molecule has 23 heavy (non-hydrogen) atoms. The smallest absolute Gasteiger partial charge is 0.261 e. The molecule has 1 N–H and O–H groups in total. The third-order valence-corrected chi connectivity index (χ3v) is 3.44. The molecule has 0 aliphatic heterocycles. The highest BCUT2D eigenvalue weighted by molar-refractivity contribution is 6.30. The largest absolute Gasteiger partial charge is 0.324 e. The summed E-state index contributed by atoms with van der Waals surface area (Å²) in [6, 6.07) is 10.4. The minimum atomic E-state index is -0.471. The number of nitrogens with zero attached hydrogens (tertiary/aromatic N) is 2. The molecule has 0 bridgehead atoms. The average Bonchev–Trinajstić information content (AvgIpc) is 2.50. The molecule has 2 aromatic carbocycles. The number of amides is 1. The minimum absolute atomic E-state index is 0.203. The molecule has 3 rings (SSSR count). The van der Waals surface area contributed by atoms with E-state index in [4.69, 9.17) is 11.6 Å². The van der Waals surface area contributed by atoms with Crippen molar-refractivity contribution in [2.45, 2.75) is 6.54 Å². The topological polar surface area (TPSA) is 64.0 Å². The molecule has 0 radical (unpaired) electrons. The maximum absolute atomic E-state index is 13.1. The molecular formula is C16H11ClFN3O2. The molecule has 0 aliphatic carbocycles. The van der Waals surface area contributed by atoms with E-state index in [-0.39, 0.29) is 17.4 Å². The number of benzene rings is 2. The summed E-state index contributed by atoms with van der Waals surface area (Å²) < 4.78 is 14.3. The van der Waals surface area contributed by atoms with Gasteiger partial charge in [0.2, 0.25) is 5.91 Å². The van der Waals surface area contributed by atoms with Gasteiger partial charge >= 0.3 is 0 Å². The lowest BCUT2D eigenvalue weighted by Gasteiger charge is -2.08. The van der Waals surface area contributed by atoms with Crippen LogP contribution >= 0.6 is 11.6 Å². The molecule has 0 saturated carbocycles. The second-order valence-electron chi connectivity index (χ2n) is 4.90. The van der Waals surface area contributed by atoms with Crippen LogP contribution in [-0.4, -0.2) is 15.5 Å². The molecule has 1 amide bonds. The van der Waals surface area contributed by atoms with E-state index in [0.29, 0.717) is 10.7 Å². The lowest BCUT2D eigenvalue weighted by Crippen LogP contribution is -2.27. The van der Waals surface area contributed by atoms with E-state index in [1.54, 1.807) is 24.3 Å². The van der Waals surface area contributed by atoms with Crippen molar-refractivity contribution in [1.82, 2.24) is 9.55 Å². The third-order valence-electron chi connectivity index (χ3n) is 3.21. The van der Waals surface area contributed by atoms with Crippen LogP contribution in [0.5, 0.6) is 0 Å². The fourth-order valence-electron chi connectivity index (χ4n) is 2.17. The molecule has 0 aliphatic rings. The number of nitrogens with one attached hydrogen (secondary N) is 1. The monoisotopic (exact) mass is 331 g/mol. The maximum atomic E-state index is 13.1. The molecule has 1 aromatic heterocycles. The molecule has 5 nitrogen and oxygen atoms in total. The van der Waals surface area contributed by atoms with Gasteiger partial charge in [0.1, 0.15) is 12.4 Å². The van der Waals surface area contributed by atoms with Crippen LogP contribution in [0.2, 0.25) is 5.02 Å². The van der Waals surface area contributed by atoms with Gasteiger partial charge < -0.3 is 5.32 Å². The summed E-state index contributed by atoms with van der Waals surface area (Å²) in [5, 5.41) is 3.39. The van der Waals surface area contributed by atoms with E-state index in [2.05, 4.69) is 10.3 Å². The van der Waals surface area contributed by atoms with E-state index < -0.39 is 17.3 Å². The summed E-state index contributed by atoms with van der Waals surface area (Å²) in [5.74, 6) is -0.863. The van der Waals surface area contributed by atoms with Gasteiger partial charge in [-0.3, -0.25) is 14.2 Å². The first-order valence-electron chi connectivity index (χ1n) is 6.73. The van der Waals surface area contributed by atoms with Crippen LogP contribution in [0.1, 0.15) is 0 Å². The molecule has 0 unspecified atom stereocenters. The van der Waals surface area contributed by atoms with Crippen molar-refractivity contribution in [3.05, 3.63) is 70.0 Å². The van der Waals surface area contributed by atoms with Crippen LogP contribution in [-0.2, 0) is 11.3 Å². The lowest BCUT2D eigenvalue weighted by atomic mass is 10.2. The summed E-state index contributed by atoms with van der Waals surface area (Å²) in [7, 11) is 0. The first-order chi connectivity index (χ1) is 11.0. The van der Waals surface area contributed by atoms with Crippen LogP contribution in [0.25, 0.3) is 10.9 Å². The highest BCUT2D eigenvalue weighted by atomic mass is 35.5. The summed E-state index contributed by atoms with van der Waals surface area (Å²) in [5.41, 5.74) is 0.379. The molecule has 1 heterocycles. The van der Waals surface area contributed by atoms with Crippen molar-refractivity contribution in [3.63, 3.8) is 0 Å². The molecule has 0 atom stereocenters. The Bertz CT molecular complexity index is 955. The lowest BCUT2D eigenvalue weighted by molar-refractivity contribution is -0.116.